The van der Waals surface area contributed by atoms with Crippen LogP contribution < -0.4 is 15.5 Å². The molecular weight excluding hydrogens is 321 g/mol. The van der Waals surface area contributed by atoms with Crippen molar-refractivity contribution in [1.29, 1.82) is 0 Å². The Morgan fingerprint density at radius 3 is 2.55 bits per heavy atom. The number of rotatable bonds is 4. The molecule has 2 unspecified atom stereocenters. The lowest BCUT2D eigenvalue weighted by Gasteiger charge is -2.32. The van der Waals surface area contributed by atoms with Gasteiger partial charge in [0.15, 0.2) is 0 Å². The number of carbonyl (C=O) groups excluding carboxylic acids is 1. The smallest absolute Gasteiger partial charge is 0.223 e. The van der Waals surface area contributed by atoms with Crippen LogP contribution in [0.2, 0.25) is 0 Å². The van der Waals surface area contributed by atoms with Crippen molar-refractivity contribution in [2.24, 2.45) is 11.8 Å². The average Bonchev–Trinajstić information content (AvgIpc) is 2.86. The Morgan fingerprint density at radius 1 is 1.27 bits per heavy atom. The Kier molecular flexibility index (Phi) is 7.46. The zero-order chi connectivity index (χ0) is 13.9. The number of nitrogens with zero attached hydrogens (tertiary/aromatic N) is 1. The minimum Gasteiger partial charge on any atom is -0.369 e. The molecule has 0 bridgehead atoms. The molecule has 1 aromatic rings. The molecule has 0 aliphatic carbocycles. The number of hydrogen-bond acceptors (Lipinski definition) is 3. The molecule has 0 aromatic heterocycles. The van der Waals surface area contributed by atoms with Crippen molar-refractivity contribution in [3.8, 4) is 0 Å². The molecule has 2 heterocycles. The van der Waals surface area contributed by atoms with E-state index in [-0.39, 0.29) is 42.7 Å². The monoisotopic (exact) mass is 345 g/mol. The molecule has 0 radical (unpaired) electrons. The molecule has 6 heteroatoms. The van der Waals surface area contributed by atoms with Crippen LogP contribution in [0, 0.1) is 11.8 Å². The third-order valence-corrected chi connectivity index (χ3v) is 4.59. The summed E-state index contributed by atoms with van der Waals surface area (Å²) in [6, 6.07) is 10.7. The van der Waals surface area contributed by atoms with E-state index in [1.807, 2.05) is 13.0 Å². The third kappa shape index (κ3) is 4.28. The molecule has 2 aliphatic heterocycles. The van der Waals surface area contributed by atoms with Crippen molar-refractivity contribution < 1.29 is 4.79 Å². The van der Waals surface area contributed by atoms with Gasteiger partial charge in [-0.2, -0.15) is 0 Å². The second-order valence-electron chi connectivity index (χ2n) is 5.98. The highest BCUT2D eigenvalue weighted by atomic mass is 35.5. The topological polar surface area (TPSA) is 44.4 Å². The summed E-state index contributed by atoms with van der Waals surface area (Å²) in [5.41, 5.74) is 1.25. The number of hydrogen-bond donors (Lipinski definition) is 2. The standard InChI is InChI=1S/C16H23N3O.2ClH/c1-12(13-9-17-10-13)16(20)18-14-7-8-19(11-14)15-5-3-2-4-6-15;;/h2-6,12-14,17H,7-11H2,1H3,(H,18,20);2*1H. The molecule has 1 aromatic carbocycles. The second-order valence-corrected chi connectivity index (χ2v) is 5.98. The van der Waals surface area contributed by atoms with E-state index in [9.17, 15) is 4.79 Å². The molecule has 2 saturated heterocycles. The number of anilines is 1. The van der Waals surface area contributed by atoms with Gasteiger partial charge in [-0.3, -0.25) is 4.79 Å². The zero-order valence-electron chi connectivity index (χ0n) is 12.8. The van der Waals surface area contributed by atoms with Crippen LogP contribution >= 0.6 is 24.8 Å². The maximum absolute atomic E-state index is 12.2. The van der Waals surface area contributed by atoms with Crippen LogP contribution in [0.3, 0.4) is 0 Å². The molecule has 2 fully saturated rings. The van der Waals surface area contributed by atoms with Crippen LogP contribution in [0.1, 0.15) is 13.3 Å². The lowest BCUT2D eigenvalue weighted by Crippen LogP contribution is -2.51. The second kappa shape index (κ2) is 8.61. The Bertz CT molecular complexity index is 468. The maximum Gasteiger partial charge on any atom is 0.223 e. The van der Waals surface area contributed by atoms with Crippen LogP contribution in [0.15, 0.2) is 30.3 Å². The first kappa shape index (κ1) is 19.1. The number of amides is 1. The number of halogens is 2. The quantitative estimate of drug-likeness (QED) is 0.877. The van der Waals surface area contributed by atoms with Crippen LogP contribution in [-0.2, 0) is 4.79 Å². The van der Waals surface area contributed by atoms with E-state index in [4.69, 9.17) is 0 Å². The van der Waals surface area contributed by atoms with E-state index in [0.717, 1.165) is 32.6 Å². The van der Waals surface area contributed by atoms with Crippen LogP contribution in [-0.4, -0.2) is 38.1 Å². The summed E-state index contributed by atoms with van der Waals surface area (Å²) in [5, 5.41) is 6.45. The van der Waals surface area contributed by atoms with Gasteiger partial charge in [0.25, 0.3) is 0 Å². The number of benzene rings is 1. The van der Waals surface area contributed by atoms with Crippen molar-refractivity contribution in [2.75, 3.05) is 31.1 Å². The Morgan fingerprint density at radius 2 is 1.95 bits per heavy atom. The first-order valence-electron chi connectivity index (χ1n) is 7.55. The average molecular weight is 346 g/mol. The summed E-state index contributed by atoms with van der Waals surface area (Å²) in [4.78, 5) is 14.6. The molecule has 2 aliphatic rings. The number of nitrogens with one attached hydrogen (secondary N) is 2. The van der Waals surface area contributed by atoms with Gasteiger partial charge in [0.05, 0.1) is 0 Å². The van der Waals surface area contributed by atoms with Crippen LogP contribution in [0.5, 0.6) is 0 Å². The van der Waals surface area contributed by atoms with Crippen molar-refractivity contribution >= 4 is 36.4 Å². The van der Waals surface area contributed by atoms with Crippen LogP contribution in [0.25, 0.3) is 0 Å². The third-order valence-electron chi connectivity index (χ3n) is 4.59. The SMILES string of the molecule is CC(C(=O)NC1CCN(c2ccccc2)C1)C1CNC1.Cl.Cl. The summed E-state index contributed by atoms with van der Waals surface area (Å²) in [5.74, 6) is 0.861. The normalized spacial score (nSPS) is 22.0. The van der Waals surface area contributed by atoms with Gasteiger partial charge in [0.1, 0.15) is 0 Å². The van der Waals surface area contributed by atoms with Crippen molar-refractivity contribution in [3.05, 3.63) is 30.3 Å². The van der Waals surface area contributed by atoms with Gasteiger partial charge in [-0.25, -0.2) is 0 Å². The predicted molar refractivity (Wildman–Crippen MR) is 95.2 cm³/mol. The van der Waals surface area contributed by atoms with E-state index in [1.54, 1.807) is 0 Å². The van der Waals surface area contributed by atoms with Crippen molar-refractivity contribution in [1.82, 2.24) is 10.6 Å². The van der Waals surface area contributed by atoms with Gasteiger partial charge in [-0.05, 0) is 37.6 Å². The molecule has 4 nitrogen and oxygen atoms in total. The summed E-state index contributed by atoms with van der Waals surface area (Å²) in [7, 11) is 0. The van der Waals surface area contributed by atoms with E-state index in [1.165, 1.54) is 5.69 Å². The molecule has 2 atom stereocenters. The minimum atomic E-state index is 0. The van der Waals surface area contributed by atoms with Crippen molar-refractivity contribution in [2.45, 2.75) is 19.4 Å². The van der Waals surface area contributed by atoms with Gasteiger partial charge < -0.3 is 15.5 Å². The lowest BCUT2D eigenvalue weighted by atomic mass is 9.88. The van der Waals surface area contributed by atoms with E-state index in [2.05, 4.69) is 39.8 Å². The maximum atomic E-state index is 12.2. The molecule has 1 amide bonds. The zero-order valence-corrected chi connectivity index (χ0v) is 14.5. The van der Waals surface area contributed by atoms with Gasteiger partial charge in [0, 0.05) is 30.7 Å². The molecule has 2 N–H and O–H groups in total. The highest BCUT2D eigenvalue weighted by Crippen LogP contribution is 2.21. The Labute approximate surface area is 144 Å². The molecule has 0 saturated carbocycles. The first-order chi connectivity index (χ1) is 9.74. The fourth-order valence-corrected chi connectivity index (χ4v) is 2.96. The highest BCUT2D eigenvalue weighted by Gasteiger charge is 2.31. The number of carbonyl (C=O) groups is 1. The Balaban J connectivity index is 0.00000121. The van der Waals surface area contributed by atoms with E-state index >= 15 is 0 Å². The van der Waals surface area contributed by atoms with Gasteiger partial charge in [-0.15, -0.1) is 24.8 Å². The summed E-state index contributed by atoms with van der Waals surface area (Å²) >= 11 is 0. The van der Waals surface area contributed by atoms with Gasteiger partial charge in [0.2, 0.25) is 5.91 Å². The lowest BCUT2D eigenvalue weighted by molar-refractivity contribution is -0.127. The summed E-state index contributed by atoms with van der Waals surface area (Å²) < 4.78 is 0. The molecule has 124 valence electrons. The Hall–Kier alpha value is -0.970. The first-order valence-corrected chi connectivity index (χ1v) is 7.55. The van der Waals surface area contributed by atoms with Crippen molar-refractivity contribution in [3.63, 3.8) is 0 Å². The fraction of sp³-hybridized carbons (Fsp3) is 0.562. The van der Waals surface area contributed by atoms with E-state index in [0.29, 0.717) is 5.92 Å². The predicted octanol–water partition coefficient (Wildman–Crippen LogP) is 2.08. The summed E-state index contributed by atoms with van der Waals surface area (Å²) in [6.07, 6.45) is 1.04. The highest BCUT2D eigenvalue weighted by molar-refractivity contribution is 5.85. The number of para-hydroxylation sites is 1. The van der Waals surface area contributed by atoms with Gasteiger partial charge >= 0.3 is 0 Å². The molecule has 0 spiro atoms. The summed E-state index contributed by atoms with van der Waals surface area (Å²) in [6.45, 7) is 5.95. The van der Waals surface area contributed by atoms with Crippen LogP contribution in [0.4, 0.5) is 5.69 Å². The fourth-order valence-electron chi connectivity index (χ4n) is 2.96. The molecular formula is C16H25Cl2N3O. The molecule has 22 heavy (non-hydrogen) atoms. The van der Waals surface area contributed by atoms with E-state index < -0.39 is 0 Å². The molecule has 3 rings (SSSR count). The van der Waals surface area contributed by atoms with Gasteiger partial charge in [-0.1, -0.05) is 25.1 Å². The largest absolute Gasteiger partial charge is 0.369 e. The minimum absolute atomic E-state index is 0.